The molecule has 41 heavy (non-hydrogen) atoms. The Balaban J connectivity index is 1.38. The Labute approximate surface area is 251 Å². The Bertz CT molecular complexity index is 1310. The van der Waals surface area contributed by atoms with Gasteiger partial charge >= 0.3 is 5.97 Å². The summed E-state index contributed by atoms with van der Waals surface area (Å²) in [7, 11) is 1.58. The van der Waals surface area contributed by atoms with E-state index in [1.54, 1.807) is 12.1 Å². The number of fused-ring (bicyclic) bond motifs is 4. The van der Waals surface area contributed by atoms with Crippen LogP contribution in [0.2, 0.25) is 0 Å². The number of carbonyl (C=O) groups is 3. The summed E-state index contributed by atoms with van der Waals surface area (Å²) in [5.41, 5.74) is 0.435. The van der Waals surface area contributed by atoms with Crippen LogP contribution in [0.25, 0.3) is 0 Å². The summed E-state index contributed by atoms with van der Waals surface area (Å²) in [4.78, 5) is 49.8. The van der Waals surface area contributed by atoms with Gasteiger partial charge < -0.3 is 29.5 Å². The average molecular weight is 677 g/mol. The van der Waals surface area contributed by atoms with Crippen LogP contribution in [0.15, 0.2) is 54.6 Å². The number of carbonyl (C=O) groups excluding carboxylic acids is 3. The van der Waals surface area contributed by atoms with Gasteiger partial charge in [-0.1, -0.05) is 48.5 Å². The van der Waals surface area contributed by atoms with E-state index in [1.807, 2.05) is 54.6 Å². The lowest BCUT2D eigenvalue weighted by Gasteiger charge is -2.50. The third kappa shape index (κ3) is 4.93. The van der Waals surface area contributed by atoms with Crippen LogP contribution in [-0.4, -0.2) is 96.3 Å². The number of esters is 1. The van der Waals surface area contributed by atoms with Crippen molar-refractivity contribution in [3.63, 3.8) is 0 Å². The van der Waals surface area contributed by atoms with Crippen molar-refractivity contribution in [2.75, 3.05) is 27.0 Å². The Morgan fingerprint density at radius 2 is 1.88 bits per heavy atom. The van der Waals surface area contributed by atoms with Crippen molar-refractivity contribution in [3.8, 4) is 0 Å². The standard InChI is InChI=1S/C29H32IN3O8/c1-32(20(26(35)31-11-12-34)13-17-7-3-2-4-8-17)28(37)29-14-21-22-23(39-16-38-22)25(29)41-33(24(29)27(36)40-21)15-18-9-5-6-10-19(18)30/h2-10,20-25,34H,11-16H2,1H3,(H,31,35)/t20-,21-,22+,23+,24+,25-,29+/m1/s1. The maximum absolute atomic E-state index is 14.8. The van der Waals surface area contributed by atoms with Gasteiger partial charge in [0.15, 0.2) is 6.04 Å². The number of ether oxygens (including phenoxy) is 3. The van der Waals surface area contributed by atoms with E-state index in [9.17, 15) is 19.5 Å². The van der Waals surface area contributed by atoms with Gasteiger partial charge in [0, 0.05) is 30.0 Å². The predicted octanol–water partition coefficient (Wildman–Crippen LogP) is 1.01. The van der Waals surface area contributed by atoms with E-state index in [0.29, 0.717) is 0 Å². The molecule has 3 saturated heterocycles. The Morgan fingerprint density at radius 1 is 1.15 bits per heavy atom. The number of nitrogens with one attached hydrogen (secondary N) is 1. The summed E-state index contributed by atoms with van der Waals surface area (Å²) in [5.74, 6) is -1.36. The maximum Gasteiger partial charge on any atom is 0.327 e. The van der Waals surface area contributed by atoms with Gasteiger partial charge in [0.1, 0.15) is 42.7 Å². The van der Waals surface area contributed by atoms with Crippen molar-refractivity contribution in [3.05, 3.63) is 69.3 Å². The van der Waals surface area contributed by atoms with Crippen molar-refractivity contribution in [1.29, 1.82) is 0 Å². The minimum Gasteiger partial charge on any atom is -0.458 e. The SMILES string of the molecule is CN(C(=O)[C@@]12C[C@H]3OC(=O)[C@@H]1N(Cc1ccccc1I)O[C@@H]2[C@H]1OCO[C@H]13)[C@H](Cc1ccccc1)C(=O)NCCO. The molecule has 2 amide bonds. The van der Waals surface area contributed by atoms with E-state index in [1.165, 1.54) is 4.90 Å². The van der Waals surface area contributed by atoms with Crippen molar-refractivity contribution in [2.45, 2.75) is 55.9 Å². The van der Waals surface area contributed by atoms with Crippen LogP contribution in [0.3, 0.4) is 0 Å². The van der Waals surface area contributed by atoms with Crippen LogP contribution in [0.4, 0.5) is 0 Å². The van der Waals surface area contributed by atoms with E-state index in [2.05, 4.69) is 27.9 Å². The first kappa shape index (κ1) is 28.5. The van der Waals surface area contributed by atoms with Crippen LogP contribution in [0, 0.1) is 8.99 Å². The van der Waals surface area contributed by atoms with Gasteiger partial charge in [0.25, 0.3) is 0 Å². The molecule has 2 bridgehead atoms. The number of amides is 2. The zero-order valence-electron chi connectivity index (χ0n) is 22.5. The first-order valence-electron chi connectivity index (χ1n) is 13.7. The highest BCUT2D eigenvalue weighted by Crippen LogP contribution is 2.56. The zero-order valence-corrected chi connectivity index (χ0v) is 24.6. The first-order valence-corrected chi connectivity index (χ1v) is 14.7. The quantitative estimate of drug-likeness (QED) is 0.296. The third-order valence-electron chi connectivity index (χ3n) is 8.53. The van der Waals surface area contributed by atoms with Crippen molar-refractivity contribution in [1.82, 2.24) is 15.3 Å². The Hall–Kier alpha value is -2.62. The monoisotopic (exact) mass is 677 g/mol. The lowest BCUT2D eigenvalue weighted by molar-refractivity contribution is -0.204. The molecule has 0 spiro atoms. The first-order chi connectivity index (χ1) is 19.8. The minimum absolute atomic E-state index is 0.00476. The van der Waals surface area contributed by atoms with Gasteiger partial charge in [-0.25, -0.2) is 0 Å². The highest BCUT2D eigenvalue weighted by atomic mass is 127. The molecular weight excluding hydrogens is 645 g/mol. The molecule has 0 unspecified atom stereocenters. The molecule has 4 fully saturated rings. The minimum atomic E-state index is -1.37. The average Bonchev–Trinajstić information content (AvgIpc) is 3.60. The normalized spacial score (nSPS) is 30.8. The number of halogens is 1. The summed E-state index contributed by atoms with van der Waals surface area (Å²) in [6.07, 6.45) is -2.26. The van der Waals surface area contributed by atoms with Crippen LogP contribution in [0.1, 0.15) is 17.5 Å². The summed E-state index contributed by atoms with van der Waals surface area (Å²) >= 11 is 2.23. The molecule has 11 nitrogen and oxygen atoms in total. The predicted molar refractivity (Wildman–Crippen MR) is 152 cm³/mol. The van der Waals surface area contributed by atoms with E-state index in [-0.39, 0.29) is 39.3 Å². The number of aliphatic hydroxyl groups is 1. The lowest BCUT2D eigenvalue weighted by atomic mass is 9.62. The summed E-state index contributed by atoms with van der Waals surface area (Å²) in [6.45, 7) is 0.0787. The number of hydrogen-bond donors (Lipinski definition) is 2. The van der Waals surface area contributed by atoms with Crippen LogP contribution >= 0.6 is 22.6 Å². The molecule has 4 aliphatic rings. The molecule has 3 heterocycles. The molecule has 6 rings (SSSR count). The molecule has 1 saturated carbocycles. The maximum atomic E-state index is 14.8. The van der Waals surface area contributed by atoms with E-state index in [0.717, 1.165) is 14.7 Å². The second-order valence-electron chi connectivity index (χ2n) is 10.8. The molecule has 218 valence electrons. The third-order valence-corrected chi connectivity index (χ3v) is 9.58. The molecule has 7 atom stereocenters. The molecule has 0 radical (unpaired) electrons. The Kier molecular flexibility index (Phi) is 8.04. The van der Waals surface area contributed by atoms with Crippen molar-refractivity contribution < 1.29 is 38.5 Å². The summed E-state index contributed by atoms with van der Waals surface area (Å²) in [6, 6.07) is 15.2. The van der Waals surface area contributed by atoms with Crippen molar-refractivity contribution >= 4 is 40.4 Å². The molecule has 3 aliphatic heterocycles. The fourth-order valence-electron chi connectivity index (χ4n) is 6.62. The summed E-state index contributed by atoms with van der Waals surface area (Å²) in [5, 5.41) is 13.6. The highest BCUT2D eigenvalue weighted by Gasteiger charge is 2.75. The lowest BCUT2D eigenvalue weighted by Crippen LogP contribution is -2.70. The largest absolute Gasteiger partial charge is 0.458 e. The van der Waals surface area contributed by atoms with Crippen LogP contribution in [0.5, 0.6) is 0 Å². The van der Waals surface area contributed by atoms with Gasteiger partial charge in [-0.3, -0.25) is 19.2 Å². The van der Waals surface area contributed by atoms with Gasteiger partial charge in [-0.2, -0.15) is 5.06 Å². The highest BCUT2D eigenvalue weighted by molar-refractivity contribution is 14.1. The molecule has 1 aliphatic carbocycles. The summed E-state index contributed by atoms with van der Waals surface area (Å²) < 4.78 is 18.6. The van der Waals surface area contributed by atoms with E-state index < -0.39 is 59.7 Å². The van der Waals surface area contributed by atoms with E-state index >= 15 is 0 Å². The molecule has 2 N–H and O–H groups in total. The number of hydrogen-bond acceptors (Lipinski definition) is 9. The second-order valence-corrected chi connectivity index (χ2v) is 12.0. The Morgan fingerprint density at radius 3 is 2.63 bits per heavy atom. The van der Waals surface area contributed by atoms with Gasteiger partial charge in [-0.15, -0.1) is 0 Å². The topological polar surface area (TPSA) is 127 Å². The molecular formula is C29H32IN3O8. The van der Waals surface area contributed by atoms with Crippen LogP contribution < -0.4 is 5.32 Å². The molecule has 2 aromatic rings. The van der Waals surface area contributed by atoms with E-state index in [4.69, 9.17) is 19.0 Å². The number of rotatable bonds is 9. The molecule has 12 heteroatoms. The molecule has 0 aromatic heterocycles. The number of likely N-dealkylation sites (N-methyl/N-ethyl adjacent to an activating group) is 1. The number of nitrogens with zero attached hydrogens (tertiary/aromatic N) is 2. The number of hydroxylamine groups is 2. The van der Waals surface area contributed by atoms with Gasteiger partial charge in [0.05, 0.1) is 13.2 Å². The fraction of sp³-hybridized carbons (Fsp3) is 0.483. The second kappa shape index (κ2) is 11.6. The number of aliphatic hydroxyl groups excluding tert-OH is 1. The molecule has 2 aromatic carbocycles. The fourth-order valence-corrected chi connectivity index (χ4v) is 7.17. The number of benzene rings is 2. The zero-order chi connectivity index (χ0) is 28.7. The van der Waals surface area contributed by atoms with Crippen LogP contribution in [-0.2, 0) is 46.4 Å². The smallest absolute Gasteiger partial charge is 0.327 e. The van der Waals surface area contributed by atoms with Gasteiger partial charge in [0.2, 0.25) is 11.8 Å². The van der Waals surface area contributed by atoms with Crippen molar-refractivity contribution in [2.24, 2.45) is 5.41 Å². The van der Waals surface area contributed by atoms with Gasteiger partial charge in [-0.05, 0) is 39.8 Å².